The lowest BCUT2D eigenvalue weighted by atomic mass is 9.98. The molecule has 1 aliphatic heterocycles. The SMILES string of the molecule is CN1CCCC(CNc2cc(C#N)cc(Cl)n2)C1. The maximum Gasteiger partial charge on any atom is 0.132 e. The van der Waals surface area contributed by atoms with Crippen LogP contribution >= 0.6 is 11.6 Å². The molecule has 0 aliphatic carbocycles. The maximum absolute atomic E-state index is 8.87. The molecule has 0 aromatic carbocycles. The van der Waals surface area contributed by atoms with E-state index < -0.39 is 0 Å². The van der Waals surface area contributed by atoms with Crippen LogP contribution in [0.5, 0.6) is 0 Å². The van der Waals surface area contributed by atoms with Crippen molar-refractivity contribution in [3.63, 3.8) is 0 Å². The van der Waals surface area contributed by atoms with Gasteiger partial charge in [-0.25, -0.2) is 4.98 Å². The van der Waals surface area contributed by atoms with Gasteiger partial charge in [0.2, 0.25) is 0 Å². The van der Waals surface area contributed by atoms with E-state index in [0.29, 0.717) is 22.5 Å². The number of nitriles is 1. The van der Waals surface area contributed by atoms with E-state index >= 15 is 0 Å². The topological polar surface area (TPSA) is 52.0 Å². The molecule has 0 spiro atoms. The van der Waals surface area contributed by atoms with Gasteiger partial charge in [-0.15, -0.1) is 0 Å². The second kappa shape index (κ2) is 6.03. The fraction of sp³-hybridized carbons (Fsp3) is 0.538. The van der Waals surface area contributed by atoms with E-state index in [1.807, 2.05) is 0 Å². The van der Waals surface area contributed by atoms with E-state index in [1.165, 1.54) is 19.4 Å². The molecule has 96 valence electrons. The van der Waals surface area contributed by atoms with Gasteiger partial charge in [-0.3, -0.25) is 0 Å². The number of halogens is 1. The van der Waals surface area contributed by atoms with E-state index in [2.05, 4.69) is 28.3 Å². The molecule has 1 fully saturated rings. The predicted molar refractivity (Wildman–Crippen MR) is 72.7 cm³/mol. The number of pyridine rings is 1. The highest BCUT2D eigenvalue weighted by Crippen LogP contribution is 2.17. The fourth-order valence-corrected chi connectivity index (χ4v) is 2.55. The van der Waals surface area contributed by atoms with Crippen molar-refractivity contribution >= 4 is 17.4 Å². The zero-order valence-corrected chi connectivity index (χ0v) is 11.2. The molecule has 1 atom stereocenters. The number of nitrogens with zero attached hydrogens (tertiary/aromatic N) is 3. The molecular weight excluding hydrogens is 248 g/mol. The van der Waals surface area contributed by atoms with Crippen molar-refractivity contribution in [2.75, 3.05) is 32.0 Å². The van der Waals surface area contributed by atoms with E-state index in [4.69, 9.17) is 16.9 Å². The molecule has 0 bridgehead atoms. The molecule has 1 saturated heterocycles. The van der Waals surface area contributed by atoms with Gasteiger partial charge in [0.1, 0.15) is 11.0 Å². The lowest BCUT2D eigenvalue weighted by Gasteiger charge is -2.29. The van der Waals surface area contributed by atoms with Gasteiger partial charge in [-0.05, 0) is 44.5 Å². The van der Waals surface area contributed by atoms with Crippen LogP contribution in [-0.2, 0) is 0 Å². The Morgan fingerprint density at radius 2 is 2.44 bits per heavy atom. The first kappa shape index (κ1) is 13.1. The van der Waals surface area contributed by atoms with Crippen LogP contribution in [0.3, 0.4) is 0 Å². The molecule has 4 nitrogen and oxygen atoms in total. The molecule has 1 aromatic rings. The van der Waals surface area contributed by atoms with Crippen molar-refractivity contribution in [3.05, 3.63) is 22.8 Å². The fourth-order valence-electron chi connectivity index (χ4n) is 2.34. The van der Waals surface area contributed by atoms with Gasteiger partial charge >= 0.3 is 0 Å². The van der Waals surface area contributed by atoms with Crippen molar-refractivity contribution in [2.24, 2.45) is 5.92 Å². The van der Waals surface area contributed by atoms with Crippen molar-refractivity contribution < 1.29 is 0 Å². The van der Waals surface area contributed by atoms with E-state index in [0.717, 1.165) is 13.1 Å². The van der Waals surface area contributed by atoms with Gasteiger partial charge in [0.05, 0.1) is 11.6 Å². The third kappa shape index (κ3) is 3.59. The number of likely N-dealkylation sites (tertiary alicyclic amines) is 1. The summed E-state index contributed by atoms with van der Waals surface area (Å²) in [6, 6.07) is 5.39. The highest BCUT2D eigenvalue weighted by atomic mass is 35.5. The summed E-state index contributed by atoms with van der Waals surface area (Å²) in [6.45, 7) is 3.17. The molecule has 1 unspecified atom stereocenters. The summed E-state index contributed by atoms with van der Waals surface area (Å²) in [5.74, 6) is 1.32. The highest BCUT2D eigenvalue weighted by molar-refractivity contribution is 6.29. The summed E-state index contributed by atoms with van der Waals surface area (Å²) in [6.07, 6.45) is 2.48. The minimum absolute atomic E-state index is 0.359. The second-order valence-corrected chi connectivity index (χ2v) is 5.21. The van der Waals surface area contributed by atoms with Gasteiger partial charge in [0, 0.05) is 13.1 Å². The lowest BCUT2D eigenvalue weighted by Crippen LogP contribution is -2.35. The summed E-state index contributed by atoms with van der Waals surface area (Å²) in [5.41, 5.74) is 0.540. The number of hydrogen-bond acceptors (Lipinski definition) is 4. The number of aromatic nitrogens is 1. The zero-order chi connectivity index (χ0) is 13.0. The van der Waals surface area contributed by atoms with E-state index in [9.17, 15) is 0 Å². The Labute approximate surface area is 113 Å². The molecule has 2 rings (SSSR count). The van der Waals surface area contributed by atoms with Crippen LogP contribution in [0.2, 0.25) is 5.15 Å². The molecule has 2 heterocycles. The Kier molecular flexibility index (Phi) is 4.40. The maximum atomic E-state index is 8.87. The number of hydrogen-bond donors (Lipinski definition) is 1. The lowest BCUT2D eigenvalue weighted by molar-refractivity contribution is 0.217. The largest absolute Gasteiger partial charge is 0.370 e. The Hall–Kier alpha value is -1.31. The molecular formula is C13H17ClN4. The minimum Gasteiger partial charge on any atom is -0.370 e. The molecule has 5 heteroatoms. The van der Waals surface area contributed by atoms with Crippen LogP contribution in [0.1, 0.15) is 18.4 Å². The number of rotatable bonds is 3. The molecule has 1 aliphatic rings. The summed E-state index contributed by atoms with van der Waals surface area (Å²) >= 11 is 5.86. The second-order valence-electron chi connectivity index (χ2n) is 4.83. The Balaban J connectivity index is 1.93. The summed E-state index contributed by atoms with van der Waals surface area (Å²) in [5, 5.41) is 12.5. The average molecular weight is 265 g/mol. The Morgan fingerprint density at radius 3 is 3.17 bits per heavy atom. The smallest absolute Gasteiger partial charge is 0.132 e. The van der Waals surface area contributed by atoms with Crippen molar-refractivity contribution in [2.45, 2.75) is 12.8 Å². The van der Waals surface area contributed by atoms with Crippen LogP contribution < -0.4 is 5.32 Å². The molecule has 1 N–H and O–H groups in total. The highest BCUT2D eigenvalue weighted by Gasteiger charge is 2.16. The molecule has 0 saturated carbocycles. The van der Waals surface area contributed by atoms with Gasteiger partial charge in [-0.2, -0.15) is 5.26 Å². The predicted octanol–water partition coefficient (Wildman–Crippen LogP) is 2.36. The van der Waals surface area contributed by atoms with Crippen LogP contribution in [0.15, 0.2) is 12.1 Å². The third-order valence-corrected chi connectivity index (χ3v) is 3.41. The summed E-state index contributed by atoms with van der Waals surface area (Å²) in [4.78, 5) is 6.52. The van der Waals surface area contributed by atoms with Gasteiger partial charge in [0.25, 0.3) is 0 Å². The van der Waals surface area contributed by atoms with Crippen molar-refractivity contribution in [1.82, 2.24) is 9.88 Å². The molecule has 1 aromatic heterocycles. The Bertz CT molecular complexity index is 455. The Morgan fingerprint density at radius 1 is 1.61 bits per heavy atom. The average Bonchev–Trinajstić information content (AvgIpc) is 2.36. The quantitative estimate of drug-likeness (QED) is 0.852. The third-order valence-electron chi connectivity index (χ3n) is 3.22. The van der Waals surface area contributed by atoms with Crippen LogP contribution in [-0.4, -0.2) is 36.6 Å². The first-order chi connectivity index (χ1) is 8.67. The van der Waals surface area contributed by atoms with Crippen molar-refractivity contribution in [1.29, 1.82) is 5.26 Å². The van der Waals surface area contributed by atoms with E-state index in [-0.39, 0.29) is 0 Å². The number of nitrogens with one attached hydrogen (secondary N) is 1. The van der Waals surface area contributed by atoms with Gasteiger partial charge in [-0.1, -0.05) is 11.6 Å². The van der Waals surface area contributed by atoms with E-state index in [1.54, 1.807) is 12.1 Å². The summed E-state index contributed by atoms with van der Waals surface area (Å²) < 4.78 is 0. The van der Waals surface area contributed by atoms with Crippen molar-refractivity contribution in [3.8, 4) is 6.07 Å². The van der Waals surface area contributed by atoms with Crippen LogP contribution in [0, 0.1) is 17.2 Å². The molecule has 0 amide bonds. The first-order valence-electron chi connectivity index (χ1n) is 6.17. The first-order valence-corrected chi connectivity index (χ1v) is 6.55. The van der Waals surface area contributed by atoms with Gasteiger partial charge < -0.3 is 10.2 Å². The number of piperidine rings is 1. The normalized spacial score (nSPS) is 20.4. The van der Waals surface area contributed by atoms with Gasteiger partial charge in [0.15, 0.2) is 0 Å². The number of anilines is 1. The van der Waals surface area contributed by atoms with Crippen LogP contribution in [0.25, 0.3) is 0 Å². The van der Waals surface area contributed by atoms with Crippen LogP contribution in [0.4, 0.5) is 5.82 Å². The molecule has 18 heavy (non-hydrogen) atoms. The molecule has 0 radical (unpaired) electrons. The minimum atomic E-state index is 0.359. The summed E-state index contributed by atoms with van der Waals surface area (Å²) in [7, 11) is 2.15. The standard InChI is InChI=1S/C13H17ClN4/c1-18-4-2-3-10(9-18)8-16-13-6-11(7-15)5-12(14)17-13/h5-6,10H,2-4,8-9H2,1H3,(H,16,17). The monoisotopic (exact) mass is 264 g/mol. The zero-order valence-electron chi connectivity index (χ0n) is 10.5.